The molecule has 0 spiro atoms. The molecule has 1 N–H and O–H groups in total. The van der Waals surface area contributed by atoms with Gasteiger partial charge >= 0.3 is 0 Å². The Labute approximate surface area is 177 Å². The first kappa shape index (κ1) is 19.1. The van der Waals surface area contributed by atoms with Crippen molar-refractivity contribution in [3.8, 4) is 11.1 Å². The minimum absolute atomic E-state index is 0.178. The van der Waals surface area contributed by atoms with Gasteiger partial charge in [0.05, 0.1) is 19.4 Å². The molecule has 6 nitrogen and oxygen atoms in total. The fraction of sp³-hybridized carbons (Fsp3) is 0.217. The zero-order valence-corrected chi connectivity index (χ0v) is 17.3. The van der Waals surface area contributed by atoms with Crippen molar-refractivity contribution in [2.75, 3.05) is 13.2 Å². The van der Waals surface area contributed by atoms with Crippen LogP contribution in [0.1, 0.15) is 12.6 Å². The van der Waals surface area contributed by atoms with Gasteiger partial charge in [0.15, 0.2) is 5.79 Å². The van der Waals surface area contributed by atoms with E-state index in [0.717, 1.165) is 21.7 Å². The average molecular weight is 420 g/mol. The van der Waals surface area contributed by atoms with Crippen LogP contribution in [0.2, 0.25) is 0 Å². The first-order valence-corrected chi connectivity index (χ1v) is 10.6. The lowest BCUT2D eigenvalue weighted by Gasteiger charge is -2.22. The quantitative estimate of drug-likeness (QED) is 0.526. The molecule has 1 saturated heterocycles. The van der Waals surface area contributed by atoms with Crippen LogP contribution >= 0.6 is 11.8 Å². The van der Waals surface area contributed by atoms with E-state index in [1.165, 1.54) is 9.41 Å². The average Bonchev–Trinajstić information content (AvgIpc) is 3.36. The highest BCUT2D eigenvalue weighted by Gasteiger charge is 2.31. The third kappa shape index (κ3) is 3.79. The van der Waals surface area contributed by atoms with Gasteiger partial charge in [0.1, 0.15) is 5.65 Å². The second-order valence-corrected chi connectivity index (χ2v) is 8.55. The molecule has 0 atom stereocenters. The summed E-state index contributed by atoms with van der Waals surface area (Å²) in [5, 5.41) is 4.28. The molecule has 1 fully saturated rings. The van der Waals surface area contributed by atoms with E-state index in [1.54, 1.807) is 24.0 Å². The molecule has 0 aliphatic carbocycles. The summed E-state index contributed by atoms with van der Waals surface area (Å²) in [4.78, 5) is 18.3. The van der Waals surface area contributed by atoms with Crippen LogP contribution in [0, 0.1) is 0 Å². The van der Waals surface area contributed by atoms with Crippen LogP contribution in [0.5, 0.6) is 0 Å². The van der Waals surface area contributed by atoms with Gasteiger partial charge < -0.3 is 14.5 Å². The molecular formula is C23H21N3O3S. The number of benzene rings is 2. The van der Waals surface area contributed by atoms with Crippen LogP contribution in [0.25, 0.3) is 16.8 Å². The number of nitrogens with one attached hydrogen (secondary N) is 1. The van der Waals surface area contributed by atoms with E-state index in [4.69, 9.17) is 9.47 Å². The smallest absolute Gasteiger partial charge is 0.274 e. The van der Waals surface area contributed by atoms with Crippen molar-refractivity contribution < 1.29 is 9.47 Å². The third-order valence-electron chi connectivity index (χ3n) is 5.11. The van der Waals surface area contributed by atoms with E-state index >= 15 is 0 Å². The Hall–Kier alpha value is -2.87. The molecule has 0 saturated carbocycles. The number of rotatable bonds is 5. The molecule has 3 heterocycles. The van der Waals surface area contributed by atoms with Crippen molar-refractivity contribution in [1.82, 2.24) is 14.6 Å². The second kappa shape index (κ2) is 7.75. The number of hydrogen-bond acceptors (Lipinski definition) is 5. The number of aromatic amines is 1. The summed E-state index contributed by atoms with van der Waals surface area (Å²) in [5.41, 5.74) is 3.12. The molecule has 30 heavy (non-hydrogen) atoms. The zero-order chi connectivity index (χ0) is 20.6. The fourth-order valence-electron chi connectivity index (χ4n) is 3.67. The third-order valence-corrected chi connectivity index (χ3v) is 6.12. The minimum Gasteiger partial charge on any atom is -0.347 e. The highest BCUT2D eigenvalue weighted by Crippen LogP contribution is 2.31. The van der Waals surface area contributed by atoms with Gasteiger partial charge in [-0.15, -0.1) is 0 Å². The number of nitrogens with zero attached hydrogens (tertiary/aromatic N) is 2. The Morgan fingerprint density at radius 1 is 1.07 bits per heavy atom. The normalized spacial score (nSPS) is 15.6. The molecule has 2 aromatic carbocycles. The molecule has 0 unspecified atom stereocenters. The molecule has 5 rings (SSSR count). The predicted octanol–water partition coefficient (Wildman–Crippen LogP) is 4.15. The van der Waals surface area contributed by atoms with E-state index in [2.05, 4.69) is 46.5 Å². The molecule has 0 amide bonds. The molecule has 7 heteroatoms. The van der Waals surface area contributed by atoms with Gasteiger partial charge in [-0.3, -0.25) is 4.79 Å². The topological polar surface area (TPSA) is 68.6 Å². The summed E-state index contributed by atoms with van der Waals surface area (Å²) < 4.78 is 12.8. The zero-order valence-electron chi connectivity index (χ0n) is 16.5. The summed E-state index contributed by atoms with van der Waals surface area (Å²) in [7, 11) is 0. The molecule has 1 aliphatic rings. The summed E-state index contributed by atoms with van der Waals surface area (Å²) >= 11 is 1.71. The maximum absolute atomic E-state index is 12.6. The Morgan fingerprint density at radius 2 is 1.77 bits per heavy atom. The van der Waals surface area contributed by atoms with Crippen molar-refractivity contribution in [3.05, 3.63) is 82.9 Å². The van der Waals surface area contributed by atoms with Gasteiger partial charge in [-0.05, 0) is 36.8 Å². The largest absolute Gasteiger partial charge is 0.347 e. The summed E-state index contributed by atoms with van der Waals surface area (Å²) in [5.74, 6) is -0.711. The Kier molecular flexibility index (Phi) is 4.94. The second-order valence-electron chi connectivity index (χ2n) is 7.40. The molecule has 152 valence electrons. The maximum Gasteiger partial charge on any atom is 0.274 e. The first-order chi connectivity index (χ1) is 14.6. The summed E-state index contributed by atoms with van der Waals surface area (Å²) in [6.07, 6.45) is 2.19. The molecule has 4 aromatic rings. The number of H-pyrrole nitrogens is 1. The van der Waals surface area contributed by atoms with E-state index in [1.807, 2.05) is 25.1 Å². The fourth-order valence-corrected chi connectivity index (χ4v) is 4.51. The van der Waals surface area contributed by atoms with E-state index in [0.29, 0.717) is 25.3 Å². The van der Waals surface area contributed by atoms with Crippen LogP contribution in [-0.4, -0.2) is 33.6 Å². The maximum atomic E-state index is 12.6. The van der Waals surface area contributed by atoms with Crippen LogP contribution in [-0.2, 0) is 15.9 Å². The van der Waals surface area contributed by atoms with E-state index in [9.17, 15) is 4.79 Å². The molecular weight excluding hydrogens is 398 g/mol. The van der Waals surface area contributed by atoms with Crippen molar-refractivity contribution in [2.45, 2.75) is 28.9 Å². The number of fused-ring (bicyclic) bond motifs is 1. The highest BCUT2D eigenvalue weighted by molar-refractivity contribution is 7.99. The molecule has 2 aromatic heterocycles. The van der Waals surface area contributed by atoms with Crippen LogP contribution < -0.4 is 5.56 Å². The number of hydrogen-bond donors (Lipinski definition) is 1. The Bertz CT molecular complexity index is 1230. The minimum atomic E-state index is -0.711. The van der Waals surface area contributed by atoms with Gasteiger partial charge in [0, 0.05) is 33.5 Å². The SMILES string of the molecule is CC1(Cc2cc(=O)n3ncc(-c4ccc(Sc5ccccc5)cc4)c3[nH]2)OCCO1. The van der Waals surface area contributed by atoms with Gasteiger partial charge in [-0.25, -0.2) is 0 Å². The van der Waals surface area contributed by atoms with Gasteiger partial charge in [0.25, 0.3) is 5.56 Å². The first-order valence-electron chi connectivity index (χ1n) is 9.81. The van der Waals surface area contributed by atoms with Gasteiger partial charge in [-0.2, -0.15) is 9.61 Å². The van der Waals surface area contributed by atoms with Crippen molar-refractivity contribution in [2.24, 2.45) is 0 Å². The lowest BCUT2D eigenvalue weighted by atomic mass is 10.1. The molecule has 0 bridgehead atoms. The van der Waals surface area contributed by atoms with Crippen molar-refractivity contribution in [1.29, 1.82) is 0 Å². The Balaban J connectivity index is 1.46. The van der Waals surface area contributed by atoms with Gasteiger partial charge in [0.2, 0.25) is 0 Å². The highest BCUT2D eigenvalue weighted by atomic mass is 32.2. The van der Waals surface area contributed by atoms with Gasteiger partial charge in [-0.1, -0.05) is 42.1 Å². The number of ether oxygens (including phenoxy) is 2. The molecule has 1 aliphatic heterocycles. The van der Waals surface area contributed by atoms with Crippen LogP contribution in [0.3, 0.4) is 0 Å². The molecule has 0 radical (unpaired) electrons. The predicted molar refractivity (Wildman–Crippen MR) is 116 cm³/mol. The lowest BCUT2D eigenvalue weighted by Crippen LogP contribution is -2.30. The monoisotopic (exact) mass is 419 g/mol. The van der Waals surface area contributed by atoms with Crippen molar-refractivity contribution >= 4 is 17.4 Å². The van der Waals surface area contributed by atoms with Crippen LogP contribution in [0.4, 0.5) is 0 Å². The number of aromatic nitrogens is 3. The lowest BCUT2D eigenvalue weighted by molar-refractivity contribution is -0.140. The van der Waals surface area contributed by atoms with Crippen LogP contribution in [0.15, 0.2) is 81.4 Å². The van der Waals surface area contributed by atoms with E-state index < -0.39 is 5.79 Å². The standard InChI is InChI=1S/C23H21N3O3S/c1-23(28-11-12-29-23)14-17-13-21(27)26-22(25-17)20(15-24-26)16-7-9-19(10-8-16)30-18-5-3-2-4-6-18/h2-10,13,15,25H,11-12,14H2,1H3. The summed E-state index contributed by atoms with van der Waals surface area (Å²) in [6, 6.07) is 20.1. The van der Waals surface area contributed by atoms with Crippen molar-refractivity contribution in [3.63, 3.8) is 0 Å². The Morgan fingerprint density at radius 3 is 2.50 bits per heavy atom. The summed E-state index contributed by atoms with van der Waals surface area (Å²) in [6.45, 7) is 3.02. The van der Waals surface area contributed by atoms with E-state index in [-0.39, 0.29) is 5.56 Å².